The van der Waals surface area contributed by atoms with Gasteiger partial charge in [-0.3, -0.25) is 4.68 Å². The van der Waals surface area contributed by atoms with Crippen LogP contribution in [0.5, 0.6) is 0 Å². The third kappa shape index (κ3) is 2.53. The third-order valence-corrected chi connectivity index (χ3v) is 3.63. The van der Waals surface area contributed by atoms with Crippen LogP contribution in [0.1, 0.15) is 38.3 Å². The van der Waals surface area contributed by atoms with Crippen LogP contribution in [0.2, 0.25) is 0 Å². The van der Waals surface area contributed by atoms with E-state index in [0.29, 0.717) is 0 Å². The molecule has 1 N–H and O–H groups in total. The molecule has 1 saturated heterocycles. The fourth-order valence-electron chi connectivity index (χ4n) is 2.89. The van der Waals surface area contributed by atoms with Crippen LogP contribution in [0, 0.1) is 0 Å². The lowest BCUT2D eigenvalue weighted by molar-refractivity contribution is 0.179. The molecule has 96 valence electrons. The molecule has 1 aliphatic rings. The van der Waals surface area contributed by atoms with Crippen molar-refractivity contribution in [1.29, 1.82) is 0 Å². The Labute approximate surface area is 103 Å². The van der Waals surface area contributed by atoms with Gasteiger partial charge in [0.1, 0.15) is 0 Å². The van der Waals surface area contributed by atoms with Crippen LogP contribution in [0.15, 0.2) is 12.3 Å². The molecule has 1 unspecified atom stereocenters. The molecule has 0 radical (unpaired) electrons. The summed E-state index contributed by atoms with van der Waals surface area (Å²) in [6.45, 7) is 4.93. The highest BCUT2D eigenvalue weighted by atomic mass is 16.5. The van der Waals surface area contributed by atoms with Crippen LogP contribution in [0.3, 0.4) is 0 Å². The molecular weight excluding hydrogens is 214 g/mol. The molecule has 4 heteroatoms. The Morgan fingerprint density at radius 1 is 1.59 bits per heavy atom. The van der Waals surface area contributed by atoms with E-state index in [2.05, 4.69) is 28.1 Å². The van der Waals surface area contributed by atoms with Crippen molar-refractivity contribution in [2.75, 3.05) is 20.3 Å². The Kier molecular flexibility index (Phi) is 4.18. The molecule has 0 bridgehead atoms. The molecule has 0 saturated carbocycles. The van der Waals surface area contributed by atoms with Crippen molar-refractivity contribution in [1.82, 2.24) is 15.1 Å². The van der Waals surface area contributed by atoms with E-state index in [0.717, 1.165) is 19.7 Å². The average molecular weight is 237 g/mol. The molecular formula is C13H23N3O. The van der Waals surface area contributed by atoms with Crippen molar-refractivity contribution in [3.63, 3.8) is 0 Å². The second-order valence-electron chi connectivity index (χ2n) is 4.79. The summed E-state index contributed by atoms with van der Waals surface area (Å²) >= 11 is 0. The van der Waals surface area contributed by atoms with Crippen LogP contribution in [0.25, 0.3) is 0 Å². The predicted molar refractivity (Wildman–Crippen MR) is 67.9 cm³/mol. The third-order valence-electron chi connectivity index (χ3n) is 3.63. The van der Waals surface area contributed by atoms with Crippen molar-refractivity contribution in [2.45, 2.75) is 44.7 Å². The molecule has 1 atom stereocenters. The van der Waals surface area contributed by atoms with E-state index in [1.807, 2.05) is 6.20 Å². The Bertz CT molecular complexity index is 342. The van der Waals surface area contributed by atoms with E-state index >= 15 is 0 Å². The maximum absolute atomic E-state index is 5.14. The Hall–Kier alpha value is -0.870. The van der Waals surface area contributed by atoms with Gasteiger partial charge in [0.25, 0.3) is 0 Å². The number of hydrogen-bond acceptors (Lipinski definition) is 3. The van der Waals surface area contributed by atoms with E-state index in [-0.39, 0.29) is 5.54 Å². The molecule has 1 aliphatic heterocycles. The lowest BCUT2D eigenvalue weighted by atomic mass is 9.88. The standard InChI is InChI=1S/C13H23N3O/c1-3-6-13(7-4-8-14-13)12-5-9-15-16(12)10-11-17-2/h5,9,14H,3-4,6-8,10-11H2,1-2H3. The van der Waals surface area contributed by atoms with E-state index in [1.54, 1.807) is 7.11 Å². The Morgan fingerprint density at radius 3 is 3.12 bits per heavy atom. The lowest BCUT2D eigenvalue weighted by Gasteiger charge is -2.30. The summed E-state index contributed by atoms with van der Waals surface area (Å²) in [6.07, 6.45) is 6.77. The van der Waals surface area contributed by atoms with Crippen molar-refractivity contribution in [3.05, 3.63) is 18.0 Å². The number of ether oxygens (including phenoxy) is 1. The molecule has 1 fully saturated rings. The van der Waals surface area contributed by atoms with E-state index in [9.17, 15) is 0 Å². The first kappa shape index (κ1) is 12.6. The van der Waals surface area contributed by atoms with Gasteiger partial charge in [-0.1, -0.05) is 13.3 Å². The van der Waals surface area contributed by atoms with Crippen LogP contribution in [-0.4, -0.2) is 30.0 Å². The van der Waals surface area contributed by atoms with Gasteiger partial charge < -0.3 is 10.1 Å². The van der Waals surface area contributed by atoms with Gasteiger partial charge in [-0.15, -0.1) is 0 Å². The van der Waals surface area contributed by atoms with Crippen molar-refractivity contribution < 1.29 is 4.74 Å². The molecule has 0 aliphatic carbocycles. The molecule has 4 nitrogen and oxygen atoms in total. The number of hydrogen-bond donors (Lipinski definition) is 1. The summed E-state index contributed by atoms with van der Waals surface area (Å²) in [5.41, 5.74) is 1.48. The SMILES string of the molecule is CCCC1(c2ccnn2CCOC)CCCN1. The number of nitrogens with one attached hydrogen (secondary N) is 1. The quantitative estimate of drug-likeness (QED) is 0.821. The van der Waals surface area contributed by atoms with E-state index in [4.69, 9.17) is 4.74 Å². The zero-order valence-corrected chi connectivity index (χ0v) is 10.9. The normalized spacial score (nSPS) is 24.4. The van der Waals surface area contributed by atoms with Gasteiger partial charge in [0, 0.05) is 13.3 Å². The molecule has 0 amide bonds. The molecule has 1 aromatic heterocycles. The first-order chi connectivity index (χ1) is 8.32. The minimum Gasteiger partial charge on any atom is -0.383 e. The van der Waals surface area contributed by atoms with Gasteiger partial charge in [0.15, 0.2) is 0 Å². The van der Waals surface area contributed by atoms with Crippen LogP contribution >= 0.6 is 0 Å². The zero-order chi connectivity index (χ0) is 12.1. The summed E-state index contributed by atoms with van der Waals surface area (Å²) in [4.78, 5) is 0. The number of rotatable bonds is 6. The average Bonchev–Trinajstić information content (AvgIpc) is 2.95. The molecule has 2 heterocycles. The fraction of sp³-hybridized carbons (Fsp3) is 0.769. The monoisotopic (exact) mass is 237 g/mol. The molecule has 0 aromatic carbocycles. The van der Waals surface area contributed by atoms with Gasteiger partial charge in [-0.25, -0.2) is 0 Å². The van der Waals surface area contributed by atoms with E-state index < -0.39 is 0 Å². The minimum atomic E-state index is 0.152. The first-order valence-corrected chi connectivity index (χ1v) is 6.58. The van der Waals surface area contributed by atoms with Crippen LogP contribution in [0.4, 0.5) is 0 Å². The number of aromatic nitrogens is 2. The molecule has 2 rings (SSSR count). The van der Waals surface area contributed by atoms with Gasteiger partial charge in [-0.05, 0) is 31.9 Å². The Morgan fingerprint density at radius 2 is 2.47 bits per heavy atom. The lowest BCUT2D eigenvalue weighted by Crippen LogP contribution is -2.39. The molecule has 1 aromatic rings. The predicted octanol–water partition coefficient (Wildman–Crippen LogP) is 1.91. The van der Waals surface area contributed by atoms with Crippen molar-refractivity contribution >= 4 is 0 Å². The number of methoxy groups -OCH3 is 1. The Balaban J connectivity index is 2.20. The highest BCUT2D eigenvalue weighted by Gasteiger charge is 2.36. The molecule has 17 heavy (non-hydrogen) atoms. The number of nitrogens with zero attached hydrogens (tertiary/aromatic N) is 2. The zero-order valence-electron chi connectivity index (χ0n) is 10.9. The summed E-state index contributed by atoms with van der Waals surface area (Å²) < 4.78 is 7.24. The van der Waals surface area contributed by atoms with Crippen LogP contribution in [-0.2, 0) is 16.8 Å². The van der Waals surface area contributed by atoms with Crippen LogP contribution < -0.4 is 5.32 Å². The maximum atomic E-state index is 5.14. The van der Waals surface area contributed by atoms with Crippen molar-refractivity contribution in [3.8, 4) is 0 Å². The van der Waals surface area contributed by atoms with Gasteiger partial charge in [0.2, 0.25) is 0 Å². The highest BCUT2D eigenvalue weighted by Crippen LogP contribution is 2.34. The van der Waals surface area contributed by atoms with Gasteiger partial charge >= 0.3 is 0 Å². The first-order valence-electron chi connectivity index (χ1n) is 6.58. The van der Waals surface area contributed by atoms with Gasteiger partial charge in [-0.2, -0.15) is 5.10 Å². The second-order valence-corrected chi connectivity index (χ2v) is 4.79. The van der Waals surface area contributed by atoms with E-state index in [1.165, 1.54) is 31.4 Å². The highest BCUT2D eigenvalue weighted by molar-refractivity contribution is 5.17. The summed E-state index contributed by atoms with van der Waals surface area (Å²) in [5.74, 6) is 0. The summed E-state index contributed by atoms with van der Waals surface area (Å²) in [6, 6.07) is 2.16. The smallest absolute Gasteiger partial charge is 0.0659 e. The summed E-state index contributed by atoms with van der Waals surface area (Å²) in [5, 5.41) is 8.11. The maximum Gasteiger partial charge on any atom is 0.0659 e. The van der Waals surface area contributed by atoms with Crippen molar-refractivity contribution in [2.24, 2.45) is 0 Å². The minimum absolute atomic E-state index is 0.152. The second kappa shape index (κ2) is 5.65. The topological polar surface area (TPSA) is 39.1 Å². The van der Waals surface area contributed by atoms with Gasteiger partial charge in [0.05, 0.1) is 24.4 Å². The fourth-order valence-corrected chi connectivity index (χ4v) is 2.89. The molecule has 0 spiro atoms. The largest absolute Gasteiger partial charge is 0.383 e. The summed E-state index contributed by atoms with van der Waals surface area (Å²) in [7, 11) is 1.73.